The number of hydrogen-bond donors (Lipinski definition) is 2. The lowest BCUT2D eigenvalue weighted by Crippen LogP contribution is -2.49. The number of benzene rings is 1. The molecular weight excluding hydrogens is 372 g/mol. The summed E-state index contributed by atoms with van der Waals surface area (Å²) in [6.45, 7) is 7.87. The van der Waals surface area contributed by atoms with Crippen LogP contribution in [0.5, 0.6) is 11.5 Å². The molecule has 2 N–H and O–H groups in total. The standard InChI is InChI=1S/C18H28N2O6S/c1-4-24-9-5-8-19-18(21)17(13(2)3)20-27(22,23)14-6-7-15-16(12-14)26-11-10-25-15/h6-7,12-13,17,20H,4-5,8-11H2,1-3H3,(H,19,21). The summed E-state index contributed by atoms with van der Waals surface area (Å²) in [5.41, 5.74) is 0. The van der Waals surface area contributed by atoms with E-state index >= 15 is 0 Å². The minimum absolute atomic E-state index is 0.0292. The molecule has 1 amide bonds. The van der Waals surface area contributed by atoms with Gasteiger partial charge >= 0.3 is 0 Å². The van der Waals surface area contributed by atoms with Crippen molar-refractivity contribution in [2.24, 2.45) is 5.92 Å². The first-order valence-corrected chi connectivity index (χ1v) is 10.6. The first-order chi connectivity index (χ1) is 12.8. The summed E-state index contributed by atoms with van der Waals surface area (Å²) < 4.78 is 44.1. The molecule has 0 aromatic heterocycles. The Morgan fingerprint density at radius 3 is 2.59 bits per heavy atom. The molecule has 1 aromatic carbocycles. The summed E-state index contributed by atoms with van der Waals surface area (Å²) in [6, 6.07) is 3.53. The van der Waals surface area contributed by atoms with Crippen molar-refractivity contribution in [2.75, 3.05) is 33.0 Å². The fourth-order valence-electron chi connectivity index (χ4n) is 2.56. The number of carbonyl (C=O) groups excluding carboxylic acids is 1. The molecule has 0 radical (unpaired) electrons. The van der Waals surface area contributed by atoms with Crippen molar-refractivity contribution in [1.82, 2.24) is 10.0 Å². The molecule has 1 heterocycles. The van der Waals surface area contributed by atoms with Crippen molar-refractivity contribution in [3.63, 3.8) is 0 Å². The van der Waals surface area contributed by atoms with Crippen LogP contribution in [-0.4, -0.2) is 53.3 Å². The van der Waals surface area contributed by atoms with Crippen LogP contribution in [0.3, 0.4) is 0 Å². The van der Waals surface area contributed by atoms with Gasteiger partial charge in [0.05, 0.1) is 4.90 Å². The third kappa shape index (κ3) is 6.08. The normalized spacial score (nSPS) is 14.8. The maximum Gasteiger partial charge on any atom is 0.241 e. The van der Waals surface area contributed by atoms with Gasteiger partial charge in [-0.15, -0.1) is 0 Å². The highest BCUT2D eigenvalue weighted by atomic mass is 32.2. The van der Waals surface area contributed by atoms with E-state index in [1.165, 1.54) is 12.1 Å². The molecule has 2 rings (SSSR count). The van der Waals surface area contributed by atoms with Gasteiger partial charge in [0.15, 0.2) is 11.5 Å². The van der Waals surface area contributed by atoms with E-state index in [-0.39, 0.29) is 16.7 Å². The van der Waals surface area contributed by atoms with Crippen molar-refractivity contribution < 1.29 is 27.4 Å². The van der Waals surface area contributed by atoms with Crippen LogP contribution in [-0.2, 0) is 19.6 Å². The molecule has 1 atom stereocenters. The third-order valence-electron chi connectivity index (χ3n) is 4.02. The van der Waals surface area contributed by atoms with Gasteiger partial charge in [0.25, 0.3) is 0 Å². The number of ether oxygens (including phenoxy) is 3. The summed E-state index contributed by atoms with van der Waals surface area (Å²) in [5.74, 6) is 0.310. The van der Waals surface area contributed by atoms with Crippen LogP contribution in [0, 0.1) is 5.92 Å². The third-order valence-corrected chi connectivity index (χ3v) is 5.46. The maximum absolute atomic E-state index is 12.7. The number of sulfonamides is 1. The Balaban J connectivity index is 2.04. The van der Waals surface area contributed by atoms with Crippen LogP contribution in [0.1, 0.15) is 27.2 Å². The Bertz CT molecular complexity index is 735. The Labute approximate surface area is 160 Å². The van der Waals surface area contributed by atoms with Crippen LogP contribution in [0.15, 0.2) is 23.1 Å². The smallest absolute Gasteiger partial charge is 0.241 e. The minimum Gasteiger partial charge on any atom is -0.486 e. The number of hydrogen-bond acceptors (Lipinski definition) is 6. The topological polar surface area (TPSA) is 103 Å². The van der Waals surface area contributed by atoms with Gasteiger partial charge in [0, 0.05) is 25.8 Å². The zero-order valence-electron chi connectivity index (χ0n) is 16.0. The zero-order valence-corrected chi connectivity index (χ0v) is 16.8. The van der Waals surface area contributed by atoms with E-state index in [4.69, 9.17) is 14.2 Å². The van der Waals surface area contributed by atoms with Gasteiger partial charge in [-0.3, -0.25) is 4.79 Å². The molecule has 1 aliphatic heterocycles. The Morgan fingerprint density at radius 2 is 1.93 bits per heavy atom. The fraction of sp³-hybridized carbons (Fsp3) is 0.611. The first kappa shape index (κ1) is 21.5. The summed E-state index contributed by atoms with van der Waals surface area (Å²) in [7, 11) is -3.89. The van der Waals surface area contributed by atoms with E-state index in [9.17, 15) is 13.2 Å². The molecule has 1 aliphatic rings. The van der Waals surface area contributed by atoms with Gasteiger partial charge in [0.2, 0.25) is 15.9 Å². The molecule has 9 heteroatoms. The number of nitrogens with one attached hydrogen (secondary N) is 2. The monoisotopic (exact) mass is 400 g/mol. The SMILES string of the molecule is CCOCCCNC(=O)C(NS(=O)(=O)c1ccc2c(c1)OCCO2)C(C)C. The zero-order chi connectivity index (χ0) is 19.9. The lowest BCUT2D eigenvalue weighted by Gasteiger charge is -2.23. The predicted octanol–water partition coefficient (Wildman–Crippen LogP) is 1.30. The van der Waals surface area contributed by atoms with Crippen molar-refractivity contribution in [3.8, 4) is 11.5 Å². The summed E-state index contributed by atoms with van der Waals surface area (Å²) >= 11 is 0. The molecule has 0 aliphatic carbocycles. The van der Waals surface area contributed by atoms with Crippen molar-refractivity contribution in [3.05, 3.63) is 18.2 Å². The lowest BCUT2D eigenvalue weighted by atomic mass is 10.1. The van der Waals surface area contributed by atoms with E-state index in [0.29, 0.717) is 50.9 Å². The Hall–Kier alpha value is -1.84. The van der Waals surface area contributed by atoms with Crippen molar-refractivity contribution >= 4 is 15.9 Å². The highest BCUT2D eigenvalue weighted by Gasteiger charge is 2.29. The molecule has 0 spiro atoms. The fourth-order valence-corrected chi connectivity index (χ4v) is 3.92. The van der Waals surface area contributed by atoms with Crippen molar-refractivity contribution in [2.45, 2.75) is 38.1 Å². The highest BCUT2D eigenvalue weighted by molar-refractivity contribution is 7.89. The number of amides is 1. The predicted molar refractivity (Wildman–Crippen MR) is 100 cm³/mol. The first-order valence-electron chi connectivity index (χ1n) is 9.12. The molecule has 1 aromatic rings. The van der Waals surface area contributed by atoms with Crippen LogP contribution in [0.4, 0.5) is 0 Å². The molecule has 0 bridgehead atoms. The average Bonchev–Trinajstić information content (AvgIpc) is 2.65. The quantitative estimate of drug-likeness (QED) is 0.574. The highest BCUT2D eigenvalue weighted by Crippen LogP contribution is 2.32. The van der Waals surface area contributed by atoms with E-state index in [1.54, 1.807) is 19.9 Å². The minimum atomic E-state index is -3.89. The molecule has 0 fully saturated rings. The number of carbonyl (C=O) groups is 1. The van der Waals surface area contributed by atoms with Gasteiger partial charge in [-0.25, -0.2) is 8.42 Å². The van der Waals surface area contributed by atoms with E-state index < -0.39 is 16.1 Å². The molecule has 0 saturated heterocycles. The van der Waals surface area contributed by atoms with Gasteiger partial charge in [-0.1, -0.05) is 13.8 Å². The molecule has 152 valence electrons. The second-order valence-corrected chi connectivity index (χ2v) is 8.20. The molecular formula is C18H28N2O6S. The largest absolute Gasteiger partial charge is 0.486 e. The molecule has 1 unspecified atom stereocenters. The summed E-state index contributed by atoms with van der Waals surface area (Å²) in [6.07, 6.45) is 0.666. The number of fused-ring (bicyclic) bond motifs is 1. The van der Waals surface area contributed by atoms with E-state index in [1.807, 2.05) is 6.92 Å². The Kier molecular flexibility index (Phi) is 7.88. The van der Waals surface area contributed by atoms with Crippen LogP contribution in [0.2, 0.25) is 0 Å². The van der Waals surface area contributed by atoms with Gasteiger partial charge in [0.1, 0.15) is 19.3 Å². The van der Waals surface area contributed by atoms with Gasteiger partial charge in [-0.05, 0) is 31.4 Å². The van der Waals surface area contributed by atoms with Crippen LogP contribution >= 0.6 is 0 Å². The molecule has 8 nitrogen and oxygen atoms in total. The summed E-state index contributed by atoms with van der Waals surface area (Å²) in [4.78, 5) is 12.5. The second-order valence-electron chi connectivity index (χ2n) is 6.49. The molecule has 0 saturated carbocycles. The van der Waals surface area contributed by atoms with Crippen molar-refractivity contribution in [1.29, 1.82) is 0 Å². The van der Waals surface area contributed by atoms with Crippen LogP contribution < -0.4 is 19.5 Å². The van der Waals surface area contributed by atoms with Gasteiger partial charge in [-0.2, -0.15) is 4.72 Å². The summed E-state index contributed by atoms with van der Waals surface area (Å²) in [5, 5.41) is 2.76. The molecule has 27 heavy (non-hydrogen) atoms. The number of rotatable bonds is 10. The lowest BCUT2D eigenvalue weighted by molar-refractivity contribution is -0.123. The second kappa shape index (κ2) is 9.91. The Morgan fingerprint density at radius 1 is 1.22 bits per heavy atom. The van der Waals surface area contributed by atoms with E-state index in [2.05, 4.69) is 10.0 Å². The van der Waals surface area contributed by atoms with Crippen LogP contribution in [0.25, 0.3) is 0 Å². The average molecular weight is 400 g/mol. The maximum atomic E-state index is 12.7. The van der Waals surface area contributed by atoms with E-state index in [0.717, 1.165) is 0 Å². The van der Waals surface area contributed by atoms with Gasteiger partial charge < -0.3 is 19.5 Å².